The van der Waals surface area contributed by atoms with Crippen molar-refractivity contribution in [2.24, 2.45) is 5.73 Å². The van der Waals surface area contributed by atoms with Gasteiger partial charge in [0.25, 0.3) is 5.91 Å². The quantitative estimate of drug-likeness (QED) is 0.463. The van der Waals surface area contributed by atoms with E-state index in [0.717, 1.165) is 18.2 Å². The highest BCUT2D eigenvalue weighted by molar-refractivity contribution is 5.99. The summed E-state index contributed by atoms with van der Waals surface area (Å²) in [6.45, 7) is 0. The highest BCUT2D eigenvalue weighted by Crippen LogP contribution is 2.28. The first-order valence-electron chi connectivity index (χ1n) is 5.60. The van der Waals surface area contributed by atoms with Crippen LogP contribution in [-0.4, -0.2) is 5.91 Å². The lowest BCUT2D eigenvalue weighted by molar-refractivity contribution is 0.100. The lowest BCUT2D eigenvalue weighted by Gasteiger charge is -2.11. The second-order valence-corrected chi connectivity index (χ2v) is 4.13. The van der Waals surface area contributed by atoms with Crippen LogP contribution in [0.3, 0.4) is 0 Å². The third-order valence-electron chi connectivity index (χ3n) is 2.71. The molecule has 0 aliphatic heterocycles. The van der Waals surface area contributed by atoms with Gasteiger partial charge in [-0.2, -0.15) is 0 Å². The fourth-order valence-corrected chi connectivity index (χ4v) is 1.67. The summed E-state index contributed by atoms with van der Waals surface area (Å²) in [5, 5.41) is 2.21. The Morgan fingerprint density at radius 2 is 1.62 bits per heavy atom. The maximum Gasteiger partial charge on any atom is 0.250 e. The molecular weight excluding hydrogens is 290 g/mol. The van der Waals surface area contributed by atoms with Crippen molar-refractivity contribution in [2.75, 3.05) is 11.1 Å². The van der Waals surface area contributed by atoms with Gasteiger partial charge in [0.05, 0.1) is 16.9 Å². The molecule has 2 aromatic carbocycles. The van der Waals surface area contributed by atoms with E-state index in [2.05, 4.69) is 5.32 Å². The maximum absolute atomic E-state index is 13.7. The largest absolute Gasteiger partial charge is 0.398 e. The average molecular weight is 299 g/mol. The van der Waals surface area contributed by atoms with E-state index in [0.29, 0.717) is 6.07 Å². The van der Waals surface area contributed by atoms with E-state index in [1.165, 1.54) is 0 Å². The minimum absolute atomic E-state index is 0.193. The van der Waals surface area contributed by atoms with Crippen molar-refractivity contribution in [3.63, 3.8) is 0 Å². The molecule has 21 heavy (non-hydrogen) atoms. The average Bonchev–Trinajstić information content (AvgIpc) is 2.41. The van der Waals surface area contributed by atoms with E-state index in [9.17, 15) is 22.4 Å². The van der Waals surface area contributed by atoms with E-state index in [1.54, 1.807) is 0 Å². The van der Waals surface area contributed by atoms with Gasteiger partial charge in [0, 0.05) is 5.69 Å². The highest BCUT2D eigenvalue weighted by atomic mass is 19.2. The Labute approximate surface area is 116 Å². The standard InChI is InChI=1S/C13H9F4N3O/c14-6-1-2-9(12(17)11(6)16)20-10-3-5(13(19)21)8(18)4-7(10)15/h1-4,20H,18H2,(H2,19,21). The van der Waals surface area contributed by atoms with Gasteiger partial charge in [0.15, 0.2) is 17.5 Å². The number of nitrogen functional groups attached to an aromatic ring is 1. The van der Waals surface area contributed by atoms with Crippen molar-refractivity contribution >= 4 is 23.0 Å². The maximum atomic E-state index is 13.7. The first-order chi connectivity index (χ1) is 9.81. The van der Waals surface area contributed by atoms with Crippen molar-refractivity contribution < 1.29 is 22.4 Å². The summed E-state index contributed by atoms with van der Waals surface area (Å²) in [7, 11) is 0. The van der Waals surface area contributed by atoms with Gasteiger partial charge in [-0.25, -0.2) is 17.6 Å². The summed E-state index contributed by atoms with van der Waals surface area (Å²) >= 11 is 0. The molecule has 1 amide bonds. The Morgan fingerprint density at radius 1 is 0.952 bits per heavy atom. The lowest BCUT2D eigenvalue weighted by atomic mass is 10.1. The number of carbonyl (C=O) groups excluding carboxylic acids is 1. The zero-order chi connectivity index (χ0) is 15.7. The van der Waals surface area contributed by atoms with Crippen molar-refractivity contribution in [1.82, 2.24) is 0 Å². The first-order valence-corrected chi connectivity index (χ1v) is 5.60. The van der Waals surface area contributed by atoms with Crippen LogP contribution in [0.2, 0.25) is 0 Å². The number of nitrogens with one attached hydrogen (secondary N) is 1. The third-order valence-corrected chi connectivity index (χ3v) is 2.71. The van der Waals surface area contributed by atoms with Gasteiger partial charge in [0.1, 0.15) is 5.82 Å². The Balaban J connectivity index is 2.47. The van der Waals surface area contributed by atoms with E-state index >= 15 is 0 Å². The van der Waals surface area contributed by atoms with Crippen molar-refractivity contribution in [3.8, 4) is 0 Å². The minimum Gasteiger partial charge on any atom is -0.398 e. The fourth-order valence-electron chi connectivity index (χ4n) is 1.67. The lowest BCUT2D eigenvalue weighted by Crippen LogP contribution is -2.14. The fraction of sp³-hybridized carbons (Fsp3) is 0. The second kappa shape index (κ2) is 5.31. The summed E-state index contributed by atoms with van der Waals surface area (Å²) in [6, 6.07) is 3.31. The van der Waals surface area contributed by atoms with Crippen molar-refractivity contribution in [2.45, 2.75) is 0 Å². The van der Waals surface area contributed by atoms with E-state index < -0.39 is 34.9 Å². The molecule has 0 aromatic heterocycles. The molecule has 0 bridgehead atoms. The normalized spacial score (nSPS) is 10.5. The number of primary amides is 1. The molecule has 8 heteroatoms. The Bertz CT molecular complexity index is 734. The van der Waals surface area contributed by atoms with Gasteiger partial charge in [-0.05, 0) is 24.3 Å². The van der Waals surface area contributed by atoms with Gasteiger partial charge in [-0.3, -0.25) is 4.79 Å². The monoisotopic (exact) mass is 299 g/mol. The van der Waals surface area contributed by atoms with Crippen LogP contribution in [0.5, 0.6) is 0 Å². The summed E-state index contributed by atoms with van der Waals surface area (Å²) in [4.78, 5) is 11.1. The van der Waals surface area contributed by atoms with Crippen LogP contribution >= 0.6 is 0 Å². The number of hydrogen-bond acceptors (Lipinski definition) is 3. The molecule has 110 valence electrons. The number of halogens is 4. The smallest absolute Gasteiger partial charge is 0.250 e. The molecule has 5 N–H and O–H groups in total. The molecule has 0 heterocycles. The Hall–Kier alpha value is -2.77. The predicted octanol–water partition coefficient (Wildman–Crippen LogP) is 2.67. The van der Waals surface area contributed by atoms with E-state index in [4.69, 9.17) is 11.5 Å². The Morgan fingerprint density at radius 3 is 2.24 bits per heavy atom. The van der Waals surface area contributed by atoms with Gasteiger partial charge in [-0.15, -0.1) is 0 Å². The van der Waals surface area contributed by atoms with Crippen LogP contribution < -0.4 is 16.8 Å². The molecule has 0 saturated carbocycles. The van der Waals surface area contributed by atoms with Crippen molar-refractivity contribution in [3.05, 3.63) is 53.1 Å². The van der Waals surface area contributed by atoms with Gasteiger partial charge < -0.3 is 16.8 Å². The zero-order valence-corrected chi connectivity index (χ0v) is 10.4. The molecule has 0 radical (unpaired) electrons. The minimum atomic E-state index is -1.70. The van der Waals surface area contributed by atoms with Gasteiger partial charge in [-0.1, -0.05) is 0 Å². The SMILES string of the molecule is NC(=O)c1cc(Nc2ccc(F)c(F)c2F)c(F)cc1N. The number of benzene rings is 2. The third kappa shape index (κ3) is 2.73. The van der Waals surface area contributed by atoms with Crippen LogP contribution in [-0.2, 0) is 0 Å². The zero-order valence-electron chi connectivity index (χ0n) is 10.4. The molecule has 0 spiro atoms. The molecule has 0 aliphatic rings. The number of hydrogen-bond donors (Lipinski definition) is 3. The van der Waals surface area contributed by atoms with E-state index in [-0.39, 0.29) is 16.9 Å². The van der Waals surface area contributed by atoms with Crippen LogP contribution in [0.15, 0.2) is 24.3 Å². The number of amides is 1. The number of rotatable bonds is 3. The summed E-state index contributed by atoms with van der Waals surface area (Å²) in [5.41, 5.74) is 9.20. The Kier molecular flexibility index (Phi) is 3.70. The summed E-state index contributed by atoms with van der Waals surface area (Å²) in [6.07, 6.45) is 0. The summed E-state index contributed by atoms with van der Waals surface area (Å²) < 4.78 is 53.1. The van der Waals surface area contributed by atoms with Gasteiger partial charge in [0.2, 0.25) is 0 Å². The number of nitrogens with two attached hydrogens (primary N) is 2. The second-order valence-electron chi connectivity index (χ2n) is 4.13. The topological polar surface area (TPSA) is 81.1 Å². The van der Waals surface area contributed by atoms with Crippen LogP contribution in [0.25, 0.3) is 0 Å². The predicted molar refractivity (Wildman–Crippen MR) is 68.9 cm³/mol. The molecule has 0 fully saturated rings. The molecular formula is C13H9F4N3O. The van der Waals surface area contributed by atoms with E-state index in [1.807, 2.05) is 0 Å². The molecule has 2 aromatic rings. The van der Waals surface area contributed by atoms with Crippen LogP contribution in [0.1, 0.15) is 10.4 Å². The molecule has 4 nitrogen and oxygen atoms in total. The van der Waals surface area contributed by atoms with Crippen LogP contribution in [0.4, 0.5) is 34.6 Å². The van der Waals surface area contributed by atoms with Crippen molar-refractivity contribution in [1.29, 1.82) is 0 Å². The molecule has 0 saturated heterocycles. The molecule has 0 aliphatic carbocycles. The first kappa shape index (κ1) is 14.6. The van der Waals surface area contributed by atoms with Gasteiger partial charge >= 0.3 is 0 Å². The summed E-state index contributed by atoms with van der Waals surface area (Å²) in [5.74, 6) is -6.44. The molecule has 2 rings (SSSR count). The van der Waals surface area contributed by atoms with Crippen LogP contribution in [0, 0.1) is 23.3 Å². The number of carbonyl (C=O) groups is 1. The molecule has 0 unspecified atom stereocenters. The highest BCUT2D eigenvalue weighted by Gasteiger charge is 2.16. The number of anilines is 3. The molecule has 0 atom stereocenters.